The van der Waals surface area contributed by atoms with Crippen molar-refractivity contribution in [1.29, 1.82) is 0 Å². The van der Waals surface area contributed by atoms with Crippen LogP contribution in [0.1, 0.15) is 37.9 Å². The van der Waals surface area contributed by atoms with Crippen molar-refractivity contribution >= 4 is 0 Å². The number of hydrogen-bond donors (Lipinski definition) is 1. The van der Waals surface area contributed by atoms with E-state index in [0.29, 0.717) is 12.5 Å². The number of terminal acetylenes is 1. The van der Waals surface area contributed by atoms with Gasteiger partial charge in [-0.1, -0.05) is 26.7 Å². The van der Waals surface area contributed by atoms with Crippen molar-refractivity contribution in [3.8, 4) is 12.3 Å². The molecule has 1 aromatic heterocycles. The maximum Gasteiger partial charge on any atom is 0.120 e. The Bertz CT molecular complexity index is 415. The van der Waals surface area contributed by atoms with Gasteiger partial charge in [-0.2, -0.15) is 0 Å². The highest BCUT2D eigenvalue weighted by atomic mass is 16.3. The van der Waals surface area contributed by atoms with Crippen molar-refractivity contribution < 1.29 is 4.42 Å². The third-order valence-electron chi connectivity index (χ3n) is 3.05. The highest BCUT2D eigenvalue weighted by Gasteiger charge is 2.10. The molecule has 106 valence electrons. The first-order valence-electron chi connectivity index (χ1n) is 7.01. The largest absolute Gasteiger partial charge is 0.463 e. The molecule has 0 bridgehead atoms. The maximum absolute atomic E-state index is 5.90. The molecule has 1 aromatic rings. The van der Waals surface area contributed by atoms with Crippen LogP contribution in [0.2, 0.25) is 0 Å². The fourth-order valence-electron chi connectivity index (χ4n) is 1.95. The van der Waals surface area contributed by atoms with E-state index in [1.165, 1.54) is 5.56 Å². The predicted octanol–water partition coefficient (Wildman–Crippen LogP) is 2.79. The van der Waals surface area contributed by atoms with Crippen molar-refractivity contribution in [2.24, 2.45) is 5.92 Å². The van der Waals surface area contributed by atoms with Crippen molar-refractivity contribution in [1.82, 2.24) is 10.2 Å². The molecular formula is C16H26N2O. The quantitative estimate of drug-likeness (QED) is 0.730. The SMILES string of the molecule is C#CCN(CC)Cc1cc(C)c(CNCC(C)C)o1. The molecule has 0 aliphatic carbocycles. The van der Waals surface area contributed by atoms with Crippen LogP contribution in [-0.4, -0.2) is 24.5 Å². The van der Waals surface area contributed by atoms with E-state index in [4.69, 9.17) is 10.8 Å². The lowest BCUT2D eigenvalue weighted by atomic mass is 10.2. The van der Waals surface area contributed by atoms with Gasteiger partial charge in [0.1, 0.15) is 11.5 Å². The first-order valence-corrected chi connectivity index (χ1v) is 7.01. The van der Waals surface area contributed by atoms with Gasteiger partial charge in [-0.3, -0.25) is 4.90 Å². The van der Waals surface area contributed by atoms with E-state index in [9.17, 15) is 0 Å². The second-order valence-corrected chi connectivity index (χ2v) is 5.35. The van der Waals surface area contributed by atoms with E-state index >= 15 is 0 Å². The monoisotopic (exact) mass is 262 g/mol. The fourth-order valence-corrected chi connectivity index (χ4v) is 1.95. The number of nitrogens with zero attached hydrogens (tertiary/aromatic N) is 1. The Labute approximate surface area is 117 Å². The van der Waals surface area contributed by atoms with Gasteiger partial charge in [-0.05, 0) is 37.6 Å². The summed E-state index contributed by atoms with van der Waals surface area (Å²) >= 11 is 0. The number of hydrogen-bond acceptors (Lipinski definition) is 3. The molecule has 19 heavy (non-hydrogen) atoms. The van der Waals surface area contributed by atoms with Gasteiger partial charge in [0.05, 0.1) is 19.6 Å². The molecule has 1 heterocycles. The Hall–Kier alpha value is -1.24. The van der Waals surface area contributed by atoms with E-state index in [2.05, 4.69) is 49.9 Å². The van der Waals surface area contributed by atoms with Crippen LogP contribution in [0, 0.1) is 25.2 Å². The Morgan fingerprint density at radius 1 is 1.47 bits per heavy atom. The predicted molar refractivity (Wildman–Crippen MR) is 79.8 cm³/mol. The van der Waals surface area contributed by atoms with Crippen LogP contribution in [-0.2, 0) is 13.1 Å². The number of aryl methyl sites for hydroxylation is 1. The molecule has 0 aliphatic heterocycles. The van der Waals surface area contributed by atoms with E-state index < -0.39 is 0 Å². The van der Waals surface area contributed by atoms with E-state index in [1.807, 2.05) is 0 Å². The van der Waals surface area contributed by atoms with Crippen molar-refractivity contribution in [3.63, 3.8) is 0 Å². The molecular weight excluding hydrogens is 236 g/mol. The Kier molecular flexibility index (Phi) is 6.69. The summed E-state index contributed by atoms with van der Waals surface area (Å²) in [6.07, 6.45) is 5.36. The summed E-state index contributed by atoms with van der Waals surface area (Å²) in [5, 5.41) is 3.41. The van der Waals surface area contributed by atoms with Crippen molar-refractivity contribution in [2.75, 3.05) is 19.6 Å². The van der Waals surface area contributed by atoms with Crippen LogP contribution < -0.4 is 5.32 Å². The highest BCUT2D eigenvalue weighted by molar-refractivity contribution is 5.20. The third-order valence-corrected chi connectivity index (χ3v) is 3.05. The molecule has 1 N–H and O–H groups in total. The second kappa shape index (κ2) is 8.04. The van der Waals surface area contributed by atoms with Gasteiger partial charge in [0.25, 0.3) is 0 Å². The fraction of sp³-hybridized carbons (Fsp3) is 0.625. The lowest BCUT2D eigenvalue weighted by Gasteiger charge is -2.15. The summed E-state index contributed by atoms with van der Waals surface area (Å²) in [6.45, 7) is 12.8. The third kappa shape index (κ3) is 5.50. The minimum atomic E-state index is 0.654. The second-order valence-electron chi connectivity index (χ2n) is 5.35. The summed E-state index contributed by atoms with van der Waals surface area (Å²) in [5.74, 6) is 5.36. The smallest absolute Gasteiger partial charge is 0.120 e. The number of rotatable bonds is 8. The zero-order valence-corrected chi connectivity index (χ0v) is 12.6. The van der Waals surface area contributed by atoms with Gasteiger partial charge in [0.2, 0.25) is 0 Å². The maximum atomic E-state index is 5.90. The molecule has 3 nitrogen and oxygen atoms in total. The van der Waals surface area contributed by atoms with Gasteiger partial charge in [0, 0.05) is 0 Å². The molecule has 0 unspecified atom stereocenters. The van der Waals surface area contributed by atoms with Crippen molar-refractivity contribution in [2.45, 2.75) is 40.8 Å². The highest BCUT2D eigenvalue weighted by Crippen LogP contribution is 2.16. The number of furan rings is 1. The van der Waals surface area contributed by atoms with Gasteiger partial charge < -0.3 is 9.73 Å². The van der Waals surface area contributed by atoms with E-state index in [0.717, 1.165) is 37.7 Å². The summed E-state index contributed by atoms with van der Waals surface area (Å²) in [5.41, 5.74) is 1.21. The molecule has 0 aliphatic rings. The molecule has 0 saturated carbocycles. The Morgan fingerprint density at radius 2 is 2.21 bits per heavy atom. The molecule has 0 radical (unpaired) electrons. The molecule has 0 spiro atoms. The van der Waals surface area contributed by atoms with Gasteiger partial charge in [-0.25, -0.2) is 0 Å². The lowest BCUT2D eigenvalue weighted by Crippen LogP contribution is -2.22. The molecule has 1 rings (SSSR count). The van der Waals surface area contributed by atoms with Crippen LogP contribution in [0.5, 0.6) is 0 Å². The zero-order valence-electron chi connectivity index (χ0n) is 12.6. The topological polar surface area (TPSA) is 28.4 Å². The standard InChI is InChI=1S/C16H26N2O/c1-6-8-18(7-2)12-15-9-14(5)16(19-15)11-17-10-13(3)4/h1,9,13,17H,7-8,10-12H2,2-5H3. The van der Waals surface area contributed by atoms with Crippen LogP contribution in [0.15, 0.2) is 10.5 Å². The minimum Gasteiger partial charge on any atom is -0.463 e. The first-order chi connectivity index (χ1) is 9.06. The van der Waals surface area contributed by atoms with E-state index in [-0.39, 0.29) is 0 Å². The van der Waals surface area contributed by atoms with E-state index in [1.54, 1.807) is 0 Å². The van der Waals surface area contributed by atoms with Crippen LogP contribution in [0.4, 0.5) is 0 Å². The molecule has 0 aromatic carbocycles. The lowest BCUT2D eigenvalue weighted by molar-refractivity contribution is 0.280. The summed E-state index contributed by atoms with van der Waals surface area (Å²) in [7, 11) is 0. The summed E-state index contributed by atoms with van der Waals surface area (Å²) in [4.78, 5) is 2.18. The average molecular weight is 262 g/mol. The minimum absolute atomic E-state index is 0.654. The normalized spacial score (nSPS) is 11.2. The van der Waals surface area contributed by atoms with Gasteiger partial charge >= 0.3 is 0 Å². The van der Waals surface area contributed by atoms with Crippen LogP contribution in [0.25, 0.3) is 0 Å². The van der Waals surface area contributed by atoms with Gasteiger partial charge in [-0.15, -0.1) is 6.42 Å². The first kappa shape index (κ1) is 15.8. The molecule has 0 amide bonds. The number of nitrogens with one attached hydrogen (secondary N) is 1. The zero-order chi connectivity index (χ0) is 14.3. The summed E-state index contributed by atoms with van der Waals surface area (Å²) < 4.78 is 5.90. The molecule has 0 atom stereocenters. The molecule has 3 heteroatoms. The molecule has 0 fully saturated rings. The van der Waals surface area contributed by atoms with Crippen LogP contribution in [0.3, 0.4) is 0 Å². The van der Waals surface area contributed by atoms with Gasteiger partial charge in [0.15, 0.2) is 0 Å². The Balaban J connectivity index is 2.55. The van der Waals surface area contributed by atoms with Crippen LogP contribution >= 0.6 is 0 Å². The Morgan fingerprint density at radius 3 is 2.79 bits per heavy atom. The molecule has 0 saturated heterocycles. The summed E-state index contributed by atoms with van der Waals surface area (Å²) in [6, 6.07) is 2.12. The average Bonchev–Trinajstić information content (AvgIpc) is 2.69. The van der Waals surface area contributed by atoms with Crippen molar-refractivity contribution in [3.05, 3.63) is 23.2 Å².